The number of benzene rings is 1. The lowest BCUT2D eigenvalue weighted by Crippen LogP contribution is -1.81. The van der Waals surface area contributed by atoms with Crippen LogP contribution in [0.5, 0.6) is 0 Å². The number of halogens is 2. The van der Waals surface area contributed by atoms with E-state index in [2.05, 4.69) is 4.98 Å². The van der Waals surface area contributed by atoms with Crippen molar-refractivity contribution in [3.8, 4) is 0 Å². The highest BCUT2D eigenvalue weighted by molar-refractivity contribution is 6.31. The Balaban J connectivity index is 2.87. The molecule has 3 N–H and O–H groups in total. The van der Waals surface area contributed by atoms with Crippen LogP contribution in [0.25, 0.3) is 10.9 Å². The number of nitrogens with one attached hydrogen (secondary N) is 1. The van der Waals surface area contributed by atoms with E-state index in [1.807, 2.05) is 0 Å². The van der Waals surface area contributed by atoms with E-state index < -0.39 is 5.82 Å². The number of nitrogens with two attached hydrogens (primary N) is 1. The molecule has 1 aromatic carbocycles. The molecule has 0 unspecified atom stereocenters. The van der Waals surface area contributed by atoms with Crippen LogP contribution in [0, 0.1) is 5.82 Å². The van der Waals surface area contributed by atoms with Crippen molar-refractivity contribution in [3.63, 3.8) is 0 Å². The van der Waals surface area contributed by atoms with Crippen LogP contribution in [0.15, 0.2) is 18.3 Å². The highest BCUT2D eigenvalue weighted by Gasteiger charge is 2.05. The van der Waals surface area contributed by atoms with E-state index in [-0.39, 0.29) is 5.02 Å². The van der Waals surface area contributed by atoms with Crippen molar-refractivity contribution in [2.45, 2.75) is 0 Å². The summed E-state index contributed by atoms with van der Waals surface area (Å²) in [6.45, 7) is 0. The Morgan fingerprint density at radius 2 is 2.17 bits per heavy atom. The zero-order valence-electron chi connectivity index (χ0n) is 6.07. The van der Waals surface area contributed by atoms with E-state index in [1.165, 1.54) is 12.1 Å². The van der Waals surface area contributed by atoms with E-state index in [4.69, 9.17) is 17.3 Å². The zero-order chi connectivity index (χ0) is 8.72. The molecular weight excluding hydrogens is 179 g/mol. The first-order valence-electron chi connectivity index (χ1n) is 3.40. The molecule has 0 saturated carbocycles. The van der Waals surface area contributed by atoms with Crippen LogP contribution in [0.3, 0.4) is 0 Å². The number of H-pyrrole nitrogens is 1. The van der Waals surface area contributed by atoms with Crippen LogP contribution < -0.4 is 5.73 Å². The molecule has 0 aliphatic heterocycles. The van der Waals surface area contributed by atoms with Gasteiger partial charge in [-0.25, -0.2) is 4.39 Å². The highest BCUT2D eigenvalue weighted by Crippen LogP contribution is 2.26. The van der Waals surface area contributed by atoms with Gasteiger partial charge in [0.2, 0.25) is 0 Å². The van der Waals surface area contributed by atoms with Crippen molar-refractivity contribution >= 4 is 28.2 Å². The summed E-state index contributed by atoms with van der Waals surface area (Å²) in [6, 6.07) is 2.84. The van der Waals surface area contributed by atoms with Gasteiger partial charge in [-0.3, -0.25) is 0 Å². The van der Waals surface area contributed by atoms with Gasteiger partial charge in [0.05, 0.1) is 16.2 Å². The molecule has 62 valence electrons. The number of fused-ring (bicyclic) bond motifs is 1. The fourth-order valence-corrected chi connectivity index (χ4v) is 1.30. The number of anilines is 1. The van der Waals surface area contributed by atoms with Crippen LogP contribution in [0.4, 0.5) is 10.1 Å². The molecule has 2 rings (SSSR count). The Morgan fingerprint density at radius 1 is 1.42 bits per heavy atom. The summed E-state index contributed by atoms with van der Waals surface area (Å²) in [4.78, 5) is 2.83. The fraction of sp³-hybridized carbons (Fsp3) is 0. The third-order valence-electron chi connectivity index (χ3n) is 1.75. The normalized spacial score (nSPS) is 10.8. The summed E-state index contributed by atoms with van der Waals surface area (Å²) < 4.78 is 12.9. The lowest BCUT2D eigenvalue weighted by atomic mass is 10.2. The van der Waals surface area contributed by atoms with Crippen LogP contribution in [0.2, 0.25) is 5.02 Å². The molecule has 0 radical (unpaired) electrons. The summed E-state index contributed by atoms with van der Waals surface area (Å²) in [5.74, 6) is -0.439. The summed E-state index contributed by atoms with van der Waals surface area (Å²) in [5, 5.41) is 0.843. The molecule has 0 amide bonds. The molecule has 1 aromatic heterocycles. The molecule has 0 atom stereocenters. The van der Waals surface area contributed by atoms with E-state index >= 15 is 0 Å². The molecule has 0 spiro atoms. The molecule has 0 aliphatic carbocycles. The predicted octanol–water partition coefficient (Wildman–Crippen LogP) is 2.54. The first-order chi connectivity index (χ1) is 5.68. The maximum absolute atomic E-state index is 12.9. The van der Waals surface area contributed by atoms with E-state index in [0.29, 0.717) is 11.2 Å². The van der Waals surface area contributed by atoms with Crippen LogP contribution in [-0.4, -0.2) is 4.98 Å². The number of aromatic amines is 1. The number of nitrogen functional groups attached to an aromatic ring is 1. The Labute approximate surface area is 73.1 Å². The van der Waals surface area contributed by atoms with Gasteiger partial charge in [0.1, 0.15) is 5.82 Å². The Hall–Kier alpha value is -1.22. The van der Waals surface area contributed by atoms with Gasteiger partial charge in [-0.05, 0) is 12.1 Å². The summed E-state index contributed by atoms with van der Waals surface area (Å²) in [7, 11) is 0. The molecule has 2 nitrogen and oxygen atoms in total. The summed E-state index contributed by atoms with van der Waals surface area (Å²) >= 11 is 5.57. The van der Waals surface area contributed by atoms with Crippen molar-refractivity contribution in [1.29, 1.82) is 0 Å². The van der Waals surface area contributed by atoms with E-state index in [0.717, 1.165) is 5.39 Å². The minimum Gasteiger partial charge on any atom is -0.397 e. The molecule has 12 heavy (non-hydrogen) atoms. The molecule has 2 aromatic rings. The zero-order valence-corrected chi connectivity index (χ0v) is 6.82. The summed E-state index contributed by atoms with van der Waals surface area (Å²) in [6.07, 6.45) is 1.61. The third kappa shape index (κ3) is 0.940. The van der Waals surface area contributed by atoms with Gasteiger partial charge >= 0.3 is 0 Å². The van der Waals surface area contributed by atoms with Crippen LogP contribution in [0.1, 0.15) is 0 Å². The number of aromatic nitrogens is 1. The second kappa shape index (κ2) is 2.38. The molecular formula is C8H6ClFN2. The van der Waals surface area contributed by atoms with E-state index in [1.54, 1.807) is 6.20 Å². The van der Waals surface area contributed by atoms with Crippen molar-refractivity contribution in [2.75, 3.05) is 5.73 Å². The highest BCUT2D eigenvalue weighted by atomic mass is 35.5. The molecule has 0 fully saturated rings. The lowest BCUT2D eigenvalue weighted by Gasteiger charge is -1.94. The van der Waals surface area contributed by atoms with Crippen LogP contribution in [-0.2, 0) is 0 Å². The third-order valence-corrected chi connectivity index (χ3v) is 2.04. The number of hydrogen-bond acceptors (Lipinski definition) is 1. The van der Waals surface area contributed by atoms with Crippen molar-refractivity contribution in [1.82, 2.24) is 4.98 Å². The van der Waals surface area contributed by atoms with Gasteiger partial charge in [0.25, 0.3) is 0 Å². The van der Waals surface area contributed by atoms with Crippen LogP contribution >= 0.6 is 11.6 Å². The smallest absolute Gasteiger partial charge is 0.143 e. The maximum atomic E-state index is 12.9. The second-order valence-electron chi connectivity index (χ2n) is 2.56. The minimum absolute atomic E-state index is 0.0915. The first-order valence-corrected chi connectivity index (χ1v) is 3.78. The minimum atomic E-state index is -0.439. The molecule has 0 aliphatic rings. The predicted molar refractivity (Wildman–Crippen MR) is 47.7 cm³/mol. The number of rotatable bonds is 0. The lowest BCUT2D eigenvalue weighted by molar-refractivity contribution is 0.630. The van der Waals surface area contributed by atoms with Crippen molar-refractivity contribution in [2.24, 2.45) is 0 Å². The topological polar surface area (TPSA) is 41.8 Å². The van der Waals surface area contributed by atoms with Crippen molar-refractivity contribution < 1.29 is 4.39 Å². The van der Waals surface area contributed by atoms with Gasteiger partial charge in [-0.2, -0.15) is 0 Å². The molecule has 0 saturated heterocycles. The largest absolute Gasteiger partial charge is 0.397 e. The second-order valence-corrected chi connectivity index (χ2v) is 2.96. The quantitative estimate of drug-likeness (QED) is 0.649. The van der Waals surface area contributed by atoms with Gasteiger partial charge in [-0.15, -0.1) is 0 Å². The Morgan fingerprint density at radius 3 is 2.92 bits per heavy atom. The standard InChI is InChI=1S/C8H6ClFN2/c9-5-1-4-7(11)3-12-8(4)2-6(5)10/h1-3,12H,11H2. The van der Waals surface area contributed by atoms with Gasteiger partial charge in [0.15, 0.2) is 0 Å². The summed E-state index contributed by atoms with van der Waals surface area (Å²) in [5.41, 5.74) is 6.82. The molecule has 1 heterocycles. The first kappa shape index (κ1) is 7.43. The number of hydrogen-bond donors (Lipinski definition) is 2. The van der Waals surface area contributed by atoms with E-state index in [9.17, 15) is 4.39 Å². The maximum Gasteiger partial charge on any atom is 0.143 e. The molecule has 4 heteroatoms. The Kier molecular flexibility index (Phi) is 1.48. The van der Waals surface area contributed by atoms with Gasteiger partial charge in [-0.1, -0.05) is 11.6 Å². The van der Waals surface area contributed by atoms with Gasteiger partial charge < -0.3 is 10.7 Å². The van der Waals surface area contributed by atoms with Gasteiger partial charge in [0, 0.05) is 11.6 Å². The average molecular weight is 185 g/mol. The fourth-order valence-electron chi connectivity index (χ4n) is 1.14. The SMILES string of the molecule is Nc1c[nH]c2cc(F)c(Cl)cc12. The van der Waals surface area contributed by atoms with Crippen molar-refractivity contribution in [3.05, 3.63) is 29.2 Å². The monoisotopic (exact) mass is 184 g/mol. The average Bonchev–Trinajstić information content (AvgIpc) is 2.35. The molecule has 0 bridgehead atoms. The Bertz CT molecular complexity index is 436.